The molecule has 3 aromatic carbocycles. The lowest BCUT2D eigenvalue weighted by atomic mass is 9.49. The average Bonchev–Trinajstić information content (AvgIpc) is 3.50. The highest BCUT2D eigenvalue weighted by Gasteiger charge is 2.67. The zero-order valence-corrected chi connectivity index (χ0v) is 24.0. The predicted octanol–water partition coefficient (Wildman–Crippen LogP) is 4.70. The van der Waals surface area contributed by atoms with E-state index in [0.717, 1.165) is 26.5 Å². The summed E-state index contributed by atoms with van der Waals surface area (Å²) in [5.41, 5.74) is 2.78. The molecule has 0 N–H and O–H groups in total. The Morgan fingerprint density at radius 1 is 0.587 bits per heavy atom. The van der Waals surface area contributed by atoms with Gasteiger partial charge in [0.1, 0.15) is 0 Å². The van der Waals surface area contributed by atoms with E-state index in [4.69, 9.17) is 0 Å². The van der Waals surface area contributed by atoms with Crippen LogP contribution >= 0.6 is 0 Å². The first kappa shape index (κ1) is 27.7. The SMILES string of the molecule is O=C1[C@H]2[C@@H]3C=C[C@H](C4=C(c5ccccc5)C[C@H]5C(=O)N(c6ccc([N+](=O)[O-])cc6)C(=O)[C@H]5[C@@H]43)[C@H]2C(=O)N1c1ccc([N+](=O)[O-])cc1. The van der Waals surface area contributed by atoms with Crippen LogP contribution in [0.1, 0.15) is 12.0 Å². The molecule has 0 radical (unpaired) electrons. The second kappa shape index (κ2) is 9.86. The van der Waals surface area contributed by atoms with Crippen molar-refractivity contribution in [3.8, 4) is 0 Å². The fraction of sp³-hybridized carbons (Fsp3) is 0.235. The van der Waals surface area contributed by atoms with E-state index in [1.165, 1.54) is 48.5 Å². The third kappa shape index (κ3) is 3.73. The summed E-state index contributed by atoms with van der Waals surface area (Å²) in [5, 5.41) is 22.4. The average molecular weight is 617 g/mol. The van der Waals surface area contributed by atoms with Gasteiger partial charge in [0.25, 0.3) is 11.4 Å². The summed E-state index contributed by atoms with van der Waals surface area (Å²) in [6.07, 6.45) is 4.11. The Morgan fingerprint density at radius 2 is 1.11 bits per heavy atom. The number of fused-ring (bicyclic) bond motifs is 1. The number of carbonyl (C=O) groups excluding carboxylic acids is 4. The zero-order chi connectivity index (χ0) is 32.0. The second-order valence-electron chi connectivity index (χ2n) is 12.3. The summed E-state index contributed by atoms with van der Waals surface area (Å²) >= 11 is 0. The van der Waals surface area contributed by atoms with Crippen LogP contribution < -0.4 is 9.80 Å². The molecule has 12 heteroatoms. The van der Waals surface area contributed by atoms with Gasteiger partial charge < -0.3 is 0 Å². The van der Waals surface area contributed by atoms with Gasteiger partial charge in [-0.05, 0) is 47.7 Å². The highest BCUT2D eigenvalue weighted by molar-refractivity contribution is 6.24. The van der Waals surface area contributed by atoms with E-state index in [1.54, 1.807) is 0 Å². The number of amides is 4. The van der Waals surface area contributed by atoms with Crippen LogP contribution in [-0.2, 0) is 19.2 Å². The molecule has 228 valence electrons. The molecule has 46 heavy (non-hydrogen) atoms. The molecular formula is C34H24N4O8. The molecule has 6 aliphatic rings. The van der Waals surface area contributed by atoms with Gasteiger partial charge in [0.05, 0.1) is 44.9 Å². The Bertz CT molecular complexity index is 1950. The van der Waals surface area contributed by atoms with Crippen LogP contribution in [0, 0.1) is 61.7 Å². The number of hydrogen-bond donors (Lipinski definition) is 0. The number of nitro benzene ring substituents is 2. The van der Waals surface area contributed by atoms with Crippen molar-refractivity contribution in [3.63, 3.8) is 0 Å². The number of allylic oxidation sites excluding steroid dienone is 4. The largest absolute Gasteiger partial charge is 0.274 e. The number of nitrogens with zero attached hydrogens (tertiary/aromatic N) is 4. The van der Waals surface area contributed by atoms with Crippen LogP contribution in [0.4, 0.5) is 22.7 Å². The van der Waals surface area contributed by atoms with Crippen molar-refractivity contribution in [1.82, 2.24) is 0 Å². The van der Waals surface area contributed by atoms with Crippen molar-refractivity contribution in [1.29, 1.82) is 0 Å². The fourth-order valence-electron chi connectivity index (χ4n) is 8.47. The molecular weight excluding hydrogens is 592 g/mol. The summed E-state index contributed by atoms with van der Waals surface area (Å²) in [5.74, 6) is -6.26. The maximum atomic E-state index is 14.3. The smallest absolute Gasteiger partial charge is 0.269 e. The van der Waals surface area contributed by atoms with Crippen LogP contribution in [0.25, 0.3) is 5.57 Å². The standard InChI is InChI=1S/C34H24N4O8/c39-31-25-16-24(17-4-2-1-3-5-17)26-22-14-15-23(27(26)30(25)34(42)35(31)18-6-10-20(11-7-18)37(43)44)29-28(22)32(40)36(33(29)41)19-8-12-21(13-9-19)38(45)46/h1-15,22-23,25,27-30H,16H2/t22-,23-,25-,27-,28-,29+,30-/m1/s1. The molecule has 12 nitrogen and oxygen atoms in total. The maximum absolute atomic E-state index is 14.3. The highest BCUT2D eigenvalue weighted by Crippen LogP contribution is 2.63. The van der Waals surface area contributed by atoms with Crippen molar-refractivity contribution in [2.75, 3.05) is 9.80 Å². The van der Waals surface area contributed by atoms with E-state index in [-0.39, 0.29) is 29.2 Å². The predicted molar refractivity (Wildman–Crippen MR) is 163 cm³/mol. The highest BCUT2D eigenvalue weighted by atomic mass is 16.6. The molecule has 0 aromatic heterocycles. The van der Waals surface area contributed by atoms with Crippen molar-refractivity contribution < 1.29 is 29.0 Å². The lowest BCUT2D eigenvalue weighted by molar-refractivity contribution is -0.385. The number of non-ortho nitro benzene ring substituents is 2. The molecule has 0 unspecified atom stereocenters. The van der Waals surface area contributed by atoms with Crippen LogP contribution in [0.5, 0.6) is 0 Å². The van der Waals surface area contributed by atoms with E-state index in [0.29, 0.717) is 0 Å². The van der Waals surface area contributed by atoms with Crippen LogP contribution in [-0.4, -0.2) is 33.5 Å². The van der Waals surface area contributed by atoms with Gasteiger partial charge in [0, 0.05) is 36.1 Å². The van der Waals surface area contributed by atoms with Crippen molar-refractivity contribution in [2.24, 2.45) is 41.4 Å². The fourth-order valence-corrected chi connectivity index (χ4v) is 8.47. The lowest BCUT2D eigenvalue weighted by Crippen LogP contribution is -2.51. The Kier molecular flexibility index (Phi) is 5.95. The van der Waals surface area contributed by atoms with E-state index in [2.05, 4.69) is 0 Å². The molecule has 9 rings (SSSR count). The number of carbonyl (C=O) groups is 4. The first-order chi connectivity index (χ1) is 22.2. The van der Waals surface area contributed by atoms with Gasteiger partial charge in [0.2, 0.25) is 23.6 Å². The van der Waals surface area contributed by atoms with Crippen molar-refractivity contribution >= 4 is 52.0 Å². The molecule has 3 aromatic rings. The number of benzene rings is 3. The second-order valence-corrected chi connectivity index (χ2v) is 12.3. The first-order valence-corrected chi connectivity index (χ1v) is 14.9. The molecule has 2 aliphatic heterocycles. The van der Waals surface area contributed by atoms with Gasteiger partial charge in [-0.25, -0.2) is 4.90 Å². The molecule has 7 atom stereocenters. The third-order valence-electron chi connectivity index (χ3n) is 10.3. The van der Waals surface area contributed by atoms with Gasteiger partial charge >= 0.3 is 0 Å². The van der Waals surface area contributed by atoms with E-state index in [9.17, 15) is 39.4 Å². The number of imide groups is 2. The van der Waals surface area contributed by atoms with Gasteiger partial charge in [-0.2, -0.15) is 0 Å². The Labute approximate surface area is 260 Å². The molecule has 3 fully saturated rings. The Morgan fingerprint density at radius 3 is 1.67 bits per heavy atom. The minimum absolute atomic E-state index is 0.168. The van der Waals surface area contributed by atoms with Gasteiger partial charge in [-0.3, -0.25) is 44.3 Å². The third-order valence-corrected chi connectivity index (χ3v) is 10.3. The van der Waals surface area contributed by atoms with Crippen LogP contribution in [0.15, 0.2) is 96.6 Å². The monoisotopic (exact) mass is 616 g/mol. The Balaban J connectivity index is 1.24. The summed E-state index contributed by atoms with van der Waals surface area (Å²) in [4.78, 5) is 80.0. The summed E-state index contributed by atoms with van der Waals surface area (Å²) < 4.78 is 0. The van der Waals surface area contributed by atoms with Crippen molar-refractivity contribution in [2.45, 2.75) is 6.42 Å². The number of anilines is 2. The summed E-state index contributed by atoms with van der Waals surface area (Å²) in [6.45, 7) is 0. The topological polar surface area (TPSA) is 161 Å². The van der Waals surface area contributed by atoms with Gasteiger partial charge in [-0.15, -0.1) is 0 Å². The van der Waals surface area contributed by atoms with Gasteiger partial charge in [-0.1, -0.05) is 48.1 Å². The van der Waals surface area contributed by atoms with E-state index in [1.807, 2.05) is 42.5 Å². The minimum atomic E-state index is -0.792. The molecule has 0 spiro atoms. The lowest BCUT2D eigenvalue weighted by Gasteiger charge is -2.51. The molecule has 2 saturated heterocycles. The number of nitro groups is 2. The molecule has 4 aliphatic carbocycles. The number of rotatable bonds is 5. The molecule has 1 saturated carbocycles. The molecule has 2 bridgehead atoms. The Hall–Kier alpha value is -5.78. The van der Waals surface area contributed by atoms with Crippen molar-refractivity contribution in [3.05, 3.63) is 122 Å². The zero-order valence-electron chi connectivity index (χ0n) is 24.0. The van der Waals surface area contributed by atoms with Crippen LogP contribution in [0.3, 0.4) is 0 Å². The minimum Gasteiger partial charge on any atom is -0.274 e. The summed E-state index contributed by atoms with van der Waals surface area (Å²) in [6, 6.07) is 20.1. The maximum Gasteiger partial charge on any atom is 0.269 e. The quantitative estimate of drug-likeness (QED) is 0.172. The molecule has 4 amide bonds. The summed E-state index contributed by atoms with van der Waals surface area (Å²) in [7, 11) is 0. The van der Waals surface area contributed by atoms with Crippen LogP contribution in [0.2, 0.25) is 0 Å². The first-order valence-electron chi connectivity index (χ1n) is 14.9. The van der Waals surface area contributed by atoms with Gasteiger partial charge in [0.15, 0.2) is 0 Å². The number of hydrogen-bond acceptors (Lipinski definition) is 8. The van der Waals surface area contributed by atoms with E-state index < -0.39 is 74.9 Å². The normalized spacial score (nSPS) is 29.3. The molecule has 2 heterocycles. The van der Waals surface area contributed by atoms with E-state index >= 15 is 0 Å².